The van der Waals surface area contributed by atoms with Gasteiger partial charge in [0.2, 0.25) is 0 Å². The van der Waals surface area contributed by atoms with Gasteiger partial charge < -0.3 is 0 Å². The van der Waals surface area contributed by atoms with Crippen molar-refractivity contribution in [3.05, 3.63) is 0 Å². The van der Waals surface area contributed by atoms with E-state index in [9.17, 15) is 0 Å². The fourth-order valence-corrected chi connectivity index (χ4v) is 0. The van der Waals surface area contributed by atoms with Gasteiger partial charge in [-0.25, -0.2) is 0 Å². The van der Waals surface area contributed by atoms with Crippen LogP contribution in [-0.2, 0) is 29.6 Å². The van der Waals surface area contributed by atoms with E-state index in [1.807, 2.05) is 0 Å². The molecule has 1 radical (unpaired) electrons. The van der Waals surface area contributed by atoms with E-state index in [0.29, 0.717) is 0 Å². The van der Waals surface area contributed by atoms with Gasteiger partial charge in [-0.15, -0.1) is 0 Å². The molecule has 0 aliphatic rings. The van der Waals surface area contributed by atoms with Crippen LogP contribution in [0.3, 0.4) is 0 Å². The van der Waals surface area contributed by atoms with E-state index < -0.39 is 0 Å². The van der Waals surface area contributed by atoms with Crippen LogP contribution < -0.4 is 0 Å². The van der Waals surface area contributed by atoms with Crippen molar-refractivity contribution >= 4 is 53.5 Å². The van der Waals surface area contributed by atoms with Crippen LogP contribution in [0.4, 0.5) is 0 Å². The van der Waals surface area contributed by atoms with Gasteiger partial charge in [0.05, 0.1) is 0 Å². The van der Waals surface area contributed by atoms with Crippen molar-refractivity contribution < 1.29 is 29.6 Å². The minimum Gasteiger partial charge on any atom is 0 e. The Morgan fingerprint density at radius 3 is 1.25 bits per heavy atom. The van der Waals surface area contributed by atoms with Crippen molar-refractivity contribution in [2.45, 2.75) is 0 Å². The molecule has 0 atom stereocenters. The normalized spacial score (nSPS) is 1.00. The first-order valence-electron chi connectivity index (χ1n) is 0.218. The van der Waals surface area contributed by atoms with E-state index >= 15 is 0 Å². The van der Waals surface area contributed by atoms with Crippen LogP contribution in [0.15, 0.2) is 0 Å². The summed E-state index contributed by atoms with van der Waals surface area (Å²) in [4.78, 5) is 0. The molecule has 0 saturated carbocycles. The third-order valence-electron chi connectivity index (χ3n) is 0. The molecule has 0 rings (SSSR count). The molecule has 0 aliphatic carbocycles. The molecule has 0 nitrogen and oxygen atoms in total. The smallest absolute Gasteiger partial charge is 0 e. The summed E-state index contributed by atoms with van der Waals surface area (Å²) in [6, 6.07) is 0. The molecule has 0 heterocycles. The maximum Gasteiger partial charge on any atom is 0 e. The molecule has 4 heavy (non-hydrogen) atoms. The van der Waals surface area contributed by atoms with Gasteiger partial charge in [-0.3, -0.25) is 0 Å². The molecule has 4 heteroatoms. The summed E-state index contributed by atoms with van der Waals surface area (Å²) in [6.45, 7) is 0. The second kappa shape index (κ2) is 16.8. The standard InChI is InChI=1S/ClH.Li.Tl.Y.H/h1H;;;;/q;;;+1;/p-1. The molecule has 0 unspecified atom stereocenters. The van der Waals surface area contributed by atoms with Gasteiger partial charge in [0.1, 0.15) is 0 Å². The van der Waals surface area contributed by atoms with E-state index in [0.717, 1.165) is 29.6 Å². The molecule has 0 spiro atoms. The van der Waals surface area contributed by atoms with Crippen molar-refractivity contribution in [3.8, 4) is 0 Å². The summed E-state index contributed by atoms with van der Waals surface area (Å²) in [5.74, 6) is 0. The molecular weight excluding hydrogens is 336 g/mol. The van der Waals surface area contributed by atoms with E-state index in [1.165, 1.54) is 0 Å². The van der Waals surface area contributed by atoms with Crippen LogP contribution in [0.5, 0.6) is 0 Å². The molecule has 0 aliphatic heterocycles. The Bertz CT molecular complexity index is 8.00. The number of rotatable bonds is 0. The zero-order chi connectivity index (χ0) is 2.00. The predicted molar refractivity (Wildman–Crippen MR) is 18.8 cm³/mol. The van der Waals surface area contributed by atoms with Crippen molar-refractivity contribution in [2.75, 3.05) is 0 Å². The van der Waals surface area contributed by atoms with Gasteiger partial charge >= 0.3 is 55.8 Å². The zero-order valence-electron chi connectivity index (χ0n) is 1.53. The van der Waals surface area contributed by atoms with Gasteiger partial charge in [0.25, 0.3) is 0 Å². The van der Waals surface area contributed by atoms with E-state index in [4.69, 9.17) is 7.33 Å². The quantitative estimate of drug-likeness (QED) is 0.531. The fraction of sp³-hybridized carbons (Fsp3) is 0. The number of hydrogen-bond donors (Lipinski definition) is 0. The maximum atomic E-state index is 4.77. The fourth-order valence-electron chi connectivity index (χ4n) is 0. The minimum absolute atomic E-state index is 0. The van der Waals surface area contributed by atoms with Crippen molar-refractivity contribution in [1.29, 1.82) is 0 Å². The van der Waals surface area contributed by atoms with Gasteiger partial charge in [0, 0.05) is 27.3 Å². The van der Waals surface area contributed by atoms with Gasteiger partial charge in [-0.05, 0) is 0 Å². The maximum absolute atomic E-state index is 4.77. The Labute approximate surface area is 81.3 Å². The van der Waals surface area contributed by atoms with Crippen LogP contribution in [-0.4, -0.2) is 46.2 Å². The molecule has 0 N–H and O–H groups in total. The summed E-state index contributed by atoms with van der Waals surface area (Å²) in [7, 11) is 4.77. The summed E-state index contributed by atoms with van der Waals surface area (Å²) in [6.07, 6.45) is 0. The Morgan fingerprint density at radius 2 is 1.25 bits per heavy atom. The zero-order valence-corrected chi connectivity index (χ0v) is 9.62. The predicted octanol–water partition coefficient (Wildman–Crippen LogP) is -0.342. The second-order valence-corrected chi connectivity index (χ2v) is 0. The SMILES string of the molecule is [Cl][Y].[LiH].[Tl]. The van der Waals surface area contributed by atoms with Crippen molar-refractivity contribution in [1.82, 2.24) is 0 Å². The Kier molecular flexibility index (Phi) is 66.4. The molecule has 0 aromatic carbocycles. The summed E-state index contributed by atoms with van der Waals surface area (Å²) < 4.78 is 0. The average Bonchev–Trinajstić information content (AvgIpc) is 1.00. The average molecular weight is 337 g/mol. The van der Waals surface area contributed by atoms with Gasteiger partial charge in [-0.1, -0.05) is 0 Å². The molecule has 0 amide bonds. The first-order valence-corrected chi connectivity index (χ1v) is 3.87. The molecule has 0 aromatic rings. The van der Waals surface area contributed by atoms with Crippen LogP contribution in [0.1, 0.15) is 0 Å². The van der Waals surface area contributed by atoms with Crippen molar-refractivity contribution in [3.63, 3.8) is 0 Å². The number of hydrogen-bond acceptors (Lipinski definition) is 0. The van der Waals surface area contributed by atoms with E-state index in [-0.39, 0.29) is 46.2 Å². The molecule has 0 aromatic heterocycles. The molecule has 0 bridgehead atoms. The largest absolute Gasteiger partial charge is 0 e. The molecule has 15 valence electrons. The second-order valence-electron chi connectivity index (χ2n) is 0. The topological polar surface area (TPSA) is 0 Å². The van der Waals surface area contributed by atoms with E-state index in [2.05, 4.69) is 0 Å². The summed E-state index contributed by atoms with van der Waals surface area (Å²) in [5, 5.41) is 0. The van der Waals surface area contributed by atoms with Crippen molar-refractivity contribution in [2.24, 2.45) is 0 Å². The van der Waals surface area contributed by atoms with Crippen LogP contribution in [0, 0.1) is 0 Å². The van der Waals surface area contributed by atoms with Crippen LogP contribution in [0.2, 0.25) is 0 Å². The Morgan fingerprint density at radius 1 is 1.25 bits per heavy atom. The van der Waals surface area contributed by atoms with Crippen LogP contribution in [0.25, 0.3) is 0 Å². The van der Waals surface area contributed by atoms with E-state index in [1.54, 1.807) is 0 Å². The third-order valence-corrected chi connectivity index (χ3v) is 0. The monoisotopic (exact) mass is 337 g/mol. The summed E-state index contributed by atoms with van der Waals surface area (Å²) >= 11 is 0.822. The Hall–Kier alpha value is 2.91. The third kappa shape index (κ3) is 8.87. The van der Waals surface area contributed by atoms with Crippen LogP contribution >= 0.6 is 7.33 Å². The molecular formula is HClLiTlY. The van der Waals surface area contributed by atoms with Gasteiger partial charge in [-0.2, -0.15) is 0 Å². The first-order chi connectivity index (χ1) is 1.00. The first kappa shape index (κ1) is 15.8. The number of halogens is 1. The Balaban J connectivity index is -0.00000000500. The minimum atomic E-state index is 0. The summed E-state index contributed by atoms with van der Waals surface area (Å²) in [5.41, 5.74) is 0. The molecule has 0 fully saturated rings. The van der Waals surface area contributed by atoms with Gasteiger partial charge in [0.15, 0.2) is 0 Å². The molecule has 0 saturated heterocycles.